The molecule has 2 aromatic heterocycles. The number of carbonyl (C=O) groups excluding carboxylic acids is 1. The van der Waals surface area contributed by atoms with E-state index in [9.17, 15) is 4.79 Å². The third kappa shape index (κ3) is 2.96. The molecular formula is C17H23N7O2. The Hall–Kier alpha value is -2.42. The molecule has 2 aromatic rings. The summed E-state index contributed by atoms with van der Waals surface area (Å²) in [5.74, 6) is 2.40. The van der Waals surface area contributed by atoms with Crippen molar-refractivity contribution in [3.63, 3.8) is 0 Å². The summed E-state index contributed by atoms with van der Waals surface area (Å²) in [7, 11) is 0. The van der Waals surface area contributed by atoms with E-state index in [-0.39, 0.29) is 12.1 Å². The van der Waals surface area contributed by atoms with Gasteiger partial charge in [-0.05, 0) is 31.4 Å². The van der Waals surface area contributed by atoms with E-state index in [0.717, 1.165) is 36.8 Å². The molecule has 3 fully saturated rings. The fraction of sp³-hybridized carbons (Fsp3) is 0.647. The molecule has 2 amide bonds. The molecule has 0 bridgehead atoms. The average molecular weight is 357 g/mol. The van der Waals surface area contributed by atoms with Gasteiger partial charge in [0.1, 0.15) is 5.82 Å². The molecular weight excluding hydrogens is 334 g/mol. The highest BCUT2D eigenvalue weighted by Crippen LogP contribution is 2.38. The molecule has 2 saturated heterocycles. The number of anilines is 1. The van der Waals surface area contributed by atoms with Crippen LogP contribution in [0.1, 0.15) is 31.0 Å². The number of carbonyl (C=O) groups is 1. The lowest BCUT2D eigenvalue weighted by Crippen LogP contribution is -2.49. The number of hydrogen-bond acceptors (Lipinski definition) is 6. The molecule has 2 aliphatic heterocycles. The highest BCUT2D eigenvalue weighted by molar-refractivity contribution is 5.74. The Balaban J connectivity index is 1.26. The summed E-state index contributed by atoms with van der Waals surface area (Å²) in [6.45, 7) is 4.23. The van der Waals surface area contributed by atoms with E-state index in [1.807, 2.05) is 21.5 Å². The van der Waals surface area contributed by atoms with Gasteiger partial charge in [-0.2, -0.15) is 4.52 Å². The highest BCUT2D eigenvalue weighted by atomic mass is 16.5. The van der Waals surface area contributed by atoms with Crippen molar-refractivity contribution < 1.29 is 9.53 Å². The lowest BCUT2D eigenvalue weighted by atomic mass is 10.3. The number of ether oxygens (including phenoxy) is 1. The van der Waals surface area contributed by atoms with Gasteiger partial charge in [0.15, 0.2) is 11.5 Å². The molecule has 9 nitrogen and oxygen atoms in total. The molecule has 1 N–H and O–H groups in total. The lowest BCUT2D eigenvalue weighted by Gasteiger charge is -2.28. The minimum atomic E-state index is 0.0124. The summed E-state index contributed by atoms with van der Waals surface area (Å²) in [6.07, 6.45) is 3.27. The Morgan fingerprint density at radius 2 is 1.96 bits per heavy atom. The monoisotopic (exact) mass is 357 g/mol. The molecule has 1 unspecified atom stereocenters. The second kappa shape index (κ2) is 6.39. The zero-order valence-corrected chi connectivity index (χ0v) is 14.7. The van der Waals surface area contributed by atoms with E-state index in [2.05, 4.69) is 20.4 Å². The number of fused-ring (bicyclic) bond motifs is 1. The van der Waals surface area contributed by atoms with Gasteiger partial charge in [0, 0.05) is 38.1 Å². The van der Waals surface area contributed by atoms with Crippen LogP contribution in [-0.4, -0.2) is 76.2 Å². The number of nitrogens with one attached hydrogen (secondary N) is 1. The first-order valence-electron chi connectivity index (χ1n) is 9.38. The summed E-state index contributed by atoms with van der Waals surface area (Å²) >= 11 is 0. The predicted octanol–water partition coefficient (Wildman–Crippen LogP) is 0.622. The first-order chi connectivity index (χ1) is 12.8. The van der Waals surface area contributed by atoms with Gasteiger partial charge in [0.25, 0.3) is 0 Å². The predicted molar refractivity (Wildman–Crippen MR) is 94.3 cm³/mol. The minimum absolute atomic E-state index is 0.0124. The van der Waals surface area contributed by atoms with Crippen LogP contribution in [0.25, 0.3) is 5.65 Å². The molecule has 0 aromatic carbocycles. The van der Waals surface area contributed by atoms with Crippen molar-refractivity contribution in [2.45, 2.75) is 31.2 Å². The maximum atomic E-state index is 12.4. The molecule has 0 radical (unpaired) electrons. The first-order valence-corrected chi connectivity index (χ1v) is 9.38. The summed E-state index contributed by atoms with van der Waals surface area (Å²) in [5, 5.41) is 16.4. The molecule has 26 heavy (non-hydrogen) atoms. The molecule has 138 valence electrons. The van der Waals surface area contributed by atoms with Gasteiger partial charge in [-0.25, -0.2) is 4.79 Å². The van der Waals surface area contributed by atoms with Crippen LogP contribution in [0.5, 0.6) is 0 Å². The van der Waals surface area contributed by atoms with Gasteiger partial charge in [-0.15, -0.1) is 15.3 Å². The van der Waals surface area contributed by atoms with Crippen LogP contribution in [0.2, 0.25) is 0 Å². The van der Waals surface area contributed by atoms with Crippen molar-refractivity contribution in [1.29, 1.82) is 0 Å². The number of rotatable bonds is 3. The van der Waals surface area contributed by atoms with Gasteiger partial charge < -0.3 is 19.9 Å². The van der Waals surface area contributed by atoms with Crippen LogP contribution in [0, 0.1) is 0 Å². The highest BCUT2D eigenvalue weighted by Gasteiger charge is 2.30. The zero-order chi connectivity index (χ0) is 17.5. The van der Waals surface area contributed by atoms with E-state index in [0.29, 0.717) is 32.2 Å². The third-order valence-electron chi connectivity index (χ3n) is 5.35. The van der Waals surface area contributed by atoms with E-state index in [4.69, 9.17) is 9.84 Å². The Kier molecular flexibility index (Phi) is 3.88. The third-order valence-corrected chi connectivity index (χ3v) is 5.35. The van der Waals surface area contributed by atoms with Crippen molar-refractivity contribution in [2.75, 3.05) is 44.3 Å². The van der Waals surface area contributed by atoms with E-state index >= 15 is 0 Å². The molecule has 3 aliphatic rings. The zero-order valence-electron chi connectivity index (χ0n) is 14.7. The fourth-order valence-corrected chi connectivity index (χ4v) is 3.68. The molecule has 0 spiro atoms. The smallest absolute Gasteiger partial charge is 0.317 e. The lowest BCUT2D eigenvalue weighted by molar-refractivity contribution is 0.0526. The summed E-state index contributed by atoms with van der Waals surface area (Å²) in [5.41, 5.74) is 0.798. The topological polar surface area (TPSA) is 87.9 Å². The molecule has 1 aliphatic carbocycles. The van der Waals surface area contributed by atoms with Gasteiger partial charge >= 0.3 is 6.03 Å². The largest absolute Gasteiger partial charge is 0.378 e. The van der Waals surface area contributed by atoms with Crippen LogP contribution in [0.3, 0.4) is 0 Å². The normalized spacial score (nSPS) is 23.6. The van der Waals surface area contributed by atoms with E-state index in [1.54, 1.807) is 0 Å². The maximum absolute atomic E-state index is 12.4. The number of amides is 2. The van der Waals surface area contributed by atoms with Crippen molar-refractivity contribution in [3.05, 3.63) is 18.0 Å². The first kappa shape index (κ1) is 15.8. The molecule has 4 heterocycles. The van der Waals surface area contributed by atoms with Gasteiger partial charge in [0.2, 0.25) is 0 Å². The van der Waals surface area contributed by atoms with Crippen molar-refractivity contribution in [1.82, 2.24) is 30.0 Å². The van der Waals surface area contributed by atoms with Gasteiger partial charge in [-0.1, -0.05) is 0 Å². The van der Waals surface area contributed by atoms with E-state index < -0.39 is 0 Å². The number of nitrogens with zero attached hydrogens (tertiary/aromatic N) is 6. The Morgan fingerprint density at radius 3 is 2.77 bits per heavy atom. The minimum Gasteiger partial charge on any atom is -0.378 e. The van der Waals surface area contributed by atoms with Crippen molar-refractivity contribution in [2.24, 2.45) is 0 Å². The molecule has 5 rings (SSSR count). The van der Waals surface area contributed by atoms with Crippen molar-refractivity contribution in [3.8, 4) is 0 Å². The number of urea groups is 1. The molecule has 1 atom stereocenters. The van der Waals surface area contributed by atoms with Crippen LogP contribution in [0.15, 0.2) is 12.1 Å². The quantitative estimate of drug-likeness (QED) is 0.867. The summed E-state index contributed by atoms with van der Waals surface area (Å²) < 4.78 is 7.18. The van der Waals surface area contributed by atoms with Gasteiger partial charge in [-0.3, -0.25) is 0 Å². The van der Waals surface area contributed by atoms with Crippen LogP contribution < -0.4 is 10.2 Å². The van der Waals surface area contributed by atoms with Crippen molar-refractivity contribution >= 4 is 17.5 Å². The SMILES string of the molecule is O=C(NC1CCN(c2ccc3nnc(C4CC4)n3n2)C1)N1CCOCC1. The number of aromatic nitrogens is 4. The number of morpholine rings is 1. The Morgan fingerprint density at radius 1 is 1.12 bits per heavy atom. The second-order valence-electron chi connectivity index (χ2n) is 7.27. The van der Waals surface area contributed by atoms with Gasteiger partial charge in [0.05, 0.1) is 13.2 Å². The number of hydrogen-bond donors (Lipinski definition) is 1. The fourth-order valence-electron chi connectivity index (χ4n) is 3.68. The summed E-state index contributed by atoms with van der Waals surface area (Å²) in [6, 6.07) is 4.12. The average Bonchev–Trinajstić information content (AvgIpc) is 3.26. The molecule has 9 heteroatoms. The Labute approximate surface area is 151 Å². The molecule has 1 saturated carbocycles. The summed E-state index contributed by atoms with van der Waals surface area (Å²) in [4.78, 5) is 16.4. The van der Waals surface area contributed by atoms with Crippen LogP contribution in [-0.2, 0) is 4.74 Å². The van der Waals surface area contributed by atoms with Crippen LogP contribution >= 0.6 is 0 Å². The van der Waals surface area contributed by atoms with E-state index in [1.165, 1.54) is 12.8 Å². The second-order valence-corrected chi connectivity index (χ2v) is 7.27. The standard InChI is InChI=1S/C17H23N7O2/c25-17(22-7-9-26-10-8-22)18-13-5-6-23(11-13)15-4-3-14-19-20-16(12-1-2-12)24(14)21-15/h3-4,12-13H,1-2,5-11H2,(H,18,25). The van der Waals surface area contributed by atoms with Crippen LogP contribution in [0.4, 0.5) is 10.6 Å². The Bertz CT molecular complexity index is 813. The maximum Gasteiger partial charge on any atom is 0.317 e.